The second-order valence-corrected chi connectivity index (χ2v) is 6.32. The van der Waals surface area contributed by atoms with E-state index in [-0.39, 0.29) is 0 Å². The molecule has 3 unspecified atom stereocenters. The molecule has 0 radical (unpaired) electrons. The molecule has 2 aliphatic rings. The van der Waals surface area contributed by atoms with Gasteiger partial charge >= 0.3 is 0 Å². The van der Waals surface area contributed by atoms with Crippen LogP contribution in [-0.2, 0) is 10.0 Å². The van der Waals surface area contributed by atoms with E-state index >= 15 is 0 Å². The predicted octanol–water partition coefficient (Wildman–Crippen LogP) is 1.07. The van der Waals surface area contributed by atoms with Crippen LogP contribution in [0.4, 0.5) is 0 Å². The first-order valence-corrected chi connectivity index (χ1v) is 6.84. The van der Waals surface area contributed by atoms with Gasteiger partial charge in [-0.25, -0.2) is 8.42 Å². The standard InChI is InChI=1S/C9H17NO2S/c1-3-7-4-9-5-8(7)6-10(9)13(2,11)12/h7-9H,3-6H2,1-2H3. The third kappa shape index (κ3) is 1.50. The molecule has 1 saturated carbocycles. The molecule has 1 heterocycles. The van der Waals surface area contributed by atoms with E-state index in [1.54, 1.807) is 4.31 Å². The Balaban J connectivity index is 2.12. The van der Waals surface area contributed by atoms with Crippen molar-refractivity contribution in [3.63, 3.8) is 0 Å². The topological polar surface area (TPSA) is 37.4 Å². The molecule has 1 saturated heterocycles. The molecule has 0 aromatic carbocycles. The van der Waals surface area contributed by atoms with Gasteiger partial charge in [-0.2, -0.15) is 4.31 Å². The summed E-state index contributed by atoms with van der Waals surface area (Å²) >= 11 is 0. The van der Waals surface area contributed by atoms with Crippen molar-refractivity contribution in [3.05, 3.63) is 0 Å². The van der Waals surface area contributed by atoms with Crippen molar-refractivity contribution in [1.29, 1.82) is 0 Å². The van der Waals surface area contributed by atoms with Crippen LogP contribution in [0.5, 0.6) is 0 Å². The summed E-state index contributed by atoms with van der Waals surface area (Å²) in [5.74, 6) is 1.42. The highest BCUT2D eigenvalue weighted by atomic mass is 32.2. The second-order valence-electron chi connectivity index (χ2n) is 4.39. The molecule has 0 aromatic rings. The monoisotopic (exact) mass is 203 g/mol. The minimum absolute atomic E-state index is 0.324. The minimum atomic E-state index is -2.93. The lowest BCUT2D eigenvalue weighted by Gasteiger charge is -2.28. The van der Waals surface area contributed by atoms with Crippen LogP contribution < -0.4 is 0 Å². The normalized spacial score (nSPS) is 40.0. The lowest BCUT2D eigenvalue weighted by Crippen LogP contribution is -2.39. The molecule has 2 rings (SSSR count). The van der Waals surface area contributed by atoms with Gasteiger partial charge in [0.25, 0.3) is 0 Å². The van der Waals surface area contributed by atoms with E-state index in [2.05, 4.69) is 6.92 Å². The van der Waals surface area contributed by atoms with Crippen LogP contribution in [0.1, 0.15) is 26.2 Å². The molecule has 3 atom stereocenters. The van der Waals surface area contributed by atoms with Crippen molar-refractivity contribution in [2.45, 2.75) is 32.2 Å². The third-order valence-corrected chi connectivity index (χ3v) is 4.89. The summed E-state index contributed by atoms with van der Waals surface area (Å²) in [4.78, 5) is 0. The van der Waals surface area contributed by atoms with Crippen molar-refractivity contribution >= 4 is 10.0 Å². The Morgan fingerprint density at radius 3 is 2.46 bits per heavy atom. The number of rotatable bonds is 2. The number of fused-ring (bicyclic) bond motifs is 2. The first-order valence-electron chi connectivity index (χ1n) is 4.99. The fraction of sp³-hybridized carbons (Fsp3) is 1.00. The summed E-state index contributed by atoms with van der Waals surface area (Å²) in [6, 6.07) is 0.324. The second kappa shape index (κ2) is 2.95. The molecule has 4 heteroatoms. The Kier molecular flexibility index (Phi) is 2.15. The highest BCUT2D eigenvalue weighted by molar-refractivity contribution is 7.88. The maximum atomic E-state index is 11.3. The van der Waals surface area contributed by atoms with Crippen molar-refractivity contribution in [3.8, 4) is 0 Å². The number of sulfonamides is 1. The molecule has 0 amide bonds. The molecular formula is C9H17NO2S. The SMILES string of the molecule is CCC1CC2CC1CN2S(C)(=O)=O. The van der Waals surface area contributed by atoms with E-state index in [1.807, 2.05) is 0 Å². The molecule has 0 spiro atoms. The van der Waals surface area contributed by atoms with Crippen molar-refractivity contribution < 1.29 is 8.42 Å². The average molecular weight is 203 g/mol. The summed E-state index contributed by atoms with van der Waals surface area (Å²) in [7, 11) is -2.93. The highest BCUT2D eigenvalue weighted by Gasteiger charge is 2.46. The number of hydrogen-bond donors (Lipinski definition) is 0. The first-order chi connectivity index (χ1) is 6.02. The fourth-order valence-corrected chi connectivity index (χ4v) is 4.10. The highest BCUT2D eigenvalue weighted by Crippen LogP contribution is 2.44. The smallest absolute Gasteiger partial charge is 0.211 e. The van der Waals surface area contributed by atoms with Gasteiger partial charge in [-0.3, -0.25) is 0 Å². The van der Waals surface area contributed by atoms with Gasteiger partial charge in [0.15, 0.2) is 0 Å². The number of piperidine rings is 1. The molecule has 0 aromatic heterocycles. The van der Waals surface area contributed by atoms with Crippen LogP contribution in [0, 0.1) is 11.8 Å². The molecule has 2 fully saturated rings. The number of hydrogen-bond acceptors (Lipinski definition) is 2. The molecule has 13 heavy (non-hydrogen) atoms. The molecule has 1 aliphatic heterocycles. The van der Waals surface area contributed by atoms with Gasteiger partial charge in [-0.15, -0.1) is 0 Å². The summed E-state index contributed by atoms with van der Waals surface area (Å²) in [5.41, 5.74) is 0. The van der Waals surface area contributed by atoms with Gasteiger partial charge in [-0.1, -0.05) is 13.3 Å². The van der Waals surface area contributed by atoms with Crippen molar-refractivity contribution in [2.75, 3.05) is 12.8 Å². The summed E-state index contributed by atoms with van der Waals surface area (Å²) in [6.45, 7) is 2.98. The van der Waals surface area contributed by atoms with E-state index in [0.29, 0.717) is 12.0 Å². The van der Waals surface area contributed by atoms with E-state index in [1.165, 1.54) is 12.7 Å². The largest absolute Gasteiger partial charge is 0.212 e. The molecule has 1 aliphatic carbocycles. The van der Waals surface area contributed by atoms with Crippen LogP contribution >= 0.6 is 0 Å². The fourth-order valence-electron chi connectivity index (χ4n) is 2.93. The van der Waals surface area contributed by atoms with Crippen LogP contribution in [0.15, 0.2) is 0 Å². The van der Waals surface area contributed by atoms with E-state index in [4.69, 9.17) is 0 Å². The van der Waals surface area contributed by atoms with Gasteiger partial charge in [0, 0.05) is 12.6 Å². The van der Waals surface area contributed by atoms with Gasteiger partial charge < -0.3 is 0 Å². The van der Waals surface area contributed by atoms with Gasteiger partial charge in [0.1, 0.15) is 0 Å². The zero-order chi connectivity index (χ0) is 9.64. The Bertz CT molecular complexity index is 299. The van der Waals surface area contributed by atoms with Crippen molar-refractivity contribution in [2.24, 2.45) is 11.8 Å². The van der Waals surface area contributed by atoms with E-state index in [0.717, 1.165) is 25.3 Å². The summed E-state index contributed by atoms with van der Waals surface area (Å²) in [5, 5.41) is 0. The van der Waals surface area contributed by atoms with Gasteiger partial charge in [0.2, 0.25) is 10.0 Å². The molecular weight excluding hydrogens is 186 g/mol. The van der Waals surface area contributed by atoms with Crippen LogP contribution in [-0.4, -0.2) is 31.6 Å². The number of nitrogens with zero attached hydrogens (tertiary/aromatic N) is 1. The third-order valence-electron chi connectivity index (χ3n) is 3.59. The van der Waals surface area contributed by atoms with Crippen LogP contribution in [0.2, 0.25) is 0 Å². The first kappa shape index (κ1) is 9.46. The van der Waals surface area contributed by atoms with Crippen molar-refractivity contribution in [1.82, 2.24) is 4.31 Å². The molecule has 76 valence electrons. The molecule has 2 bridgehead atoms. The van der Waals surface area contributed by atoms with Gasteiger partial charge in [-0.05, 0) is 24.7 Å². The Labute approximate surface area is 80.2 Å². The predicted molar refractivity (Wildman–Crippen MR) is 51.8 cm³/mol. The molecule has 3 nitrogen and oxygen atoms in total. The Morgan fingerprint density at radius 1 is 1.38 bits per heavy atom. The van der Waals surface area contributed by atoms with Crippen LogP contribution in [0.3, 0.4) is 0 Å². The quantitative estimate of drug-likeness (QED) is 0.673. The minimum Gasteiger partial charge on any atom is -0.212 e. The average Bonchev–Trinajstić information content (AvgIpc) is 2.59. The lowest BCUT2D eigenvalue weighted by atomic mass is 9.93. The zero-order valence-electron chi connectivity index (χ0n) is 8.23. The summed E-state index contributed by atoms with van der Waals surface area (Å²) in [6.07, 6.45) is 4.73. The lowest BCUT2D eigenvalue weighted by molar-refractivity contribution is 0.259. The zero-order valence-corrected chi connectivity index (χ0v) is 9.05. The van der Waals surface area contributed by atoms with E-state index in [9.17, 15) is 8.42 Å². The molecule has 0 N–H and O–H groups in total. The Hall–Kier alpha value is -0.0900. The maximum Gasteiger partial charge on any atom is 0.211 e. The Morgan fingerprint density at radius 2 is 2.08 bits per heavy atom. The maximum absolute atomic E-state index is 11.3. The van der Waals surface area contributed by atoms with Crippen LogP contribution in [0.25, 0.3) is 0 Å². The van der Waals surface area contributed by atoms with Gasteiger partial charge in [0.05, 0.1) is 6.26 Å². The van der Waals surface area contributed by atoms with E-state index < -0.39 is 10.0 Å². The summed E-state index contributed by atoms with van der Waals surface area (Å²) < 4.78 is 24.4.